The van der Waals surface area contributed by atoms with Crippen LogP contribution in [0, 0.1) is 0 Å². The molecule has 116 valence electrons. The molecule has 3 aromatic rings. The van der Waals surface area contributed by atoms with Gasteiger partial charge in [-0.3, -0.25) is 4.79 Å². The molecule has 0 saturated heterocycles. The van der Waals surface area contributed by atoms with Crippen molar-refractivity contribution in [3.63, 3.8) is 0 Å². The number of tetrazole rings is 1. The van der Waals surface area contributed by atoms with E-state index in [4.69, 9.17) is 0 Å². The minimum Gasteiger partial charge on any atom is -0.352 e. The Bertz CT molecular complexity index is 789. The molecule has 2 aromatic carbocycles. The van der Waals surface area contributed by atoms with Crippen molar-refractivity contribution in [2.45, 2.75) is 6.42 Å². The van der Waals surface area contributed by atoms with Gasteiger partial charge in [0.15, 0.2) is 0 Å². The van der Waals surface area contributed by atoms with E-state index in [2.05, 4.69) is 36.8 Å². The standard InChI is InChI=1S/C16H14BrN5O/c17-13-6-7-15(22-11-19-20-21-22)14(10-13)16(23)18-9-8-12-4-2-1-3-5-12/h1-7,10-11H,8-9H2,(H,18,23). The highest BCUT2D eigenvalue weighted by Gasteiger charge is 2.14. The number of nitrogens with zero attached hydrogens (tertiary/aromatic N) is 4. The number of hydrogen-bond acceptors (Lipinski definition) is 4. The first-order valence-electron chi connectivity index (χ1n) is 7.09. The van der Waals surface area contributed by atoms with Gasteiger partial charge >= 0.3 is 0 Å². The second kappa shape index (κ2) is 7.15. The quantitative estimate of drug-likeness (QED) is 0.747. The summed E-state index contributed by atoms with van der Waals surface area (Å²) in [7, 11) is 0. The van der Waals surface area contributed by atoms with Crippen LogP contribution in [0.25, 0.3) is 5.69 Å². The van der Waals surface area contributed by atoms with E-state index in [1.807, 2.05) is 36.4 Å². The molecule has 0 aliphatic carbocycles. The summed E-state index contributed by atoms with van der Waals surface area (Å²) in [6, 6.07) is 15.4. The van der Waals surface area contributed by atoms with E-state index in [0.29, 0.717) is 17.8 Å². The van der Waals surface area contributed by atoms with Gasteiger partial charge in [0.25, 0.3) is 5.91 Å². The average Bonchev–Trinajstić information content (AvgIpc) is 3.10. The zero-order valence-electron chi connectivity index (χ0n) is 12.2. The fourth-order valence-electron chi connectivity index (χ4n) is 2.22. The predicted octanol–water partition coefficient (Wildman–Crippen LogP) is 2.40. The summed E-state index contributed by atoms with van der Waals surface area (Å²) < 4.78 is 2.29. The summed E-state index contributed by atoms with van der Waals surface area (Å²) in [6.07, 6.45) is 2.24. The van der Waals surface area contributed by atoms with Crippen molar-refractivity contribution in [1.29, 1.82) is 0 Å². The van der Waals surface area contributed by atoms with Crippen LogP contribution >= 0.6 is 15.9 Å². The zero-order valence-corrected chi connectivity index (χ0v) is 13.8. The molecular formula is C16H14BrN5O. The lowest BCUT2D eigenvalue weighted by Gasteiger charge is -2.10. The van der Waals surface area contributed by atoms with Crippen molar-refractivity contribution >= 4 is 21.8 Å². The van der Waals surface area contributed by atoms with Crippen molar-refractivity contribution in [2.24, 2.45) is 0 Å². The van der Waals surface area contributed by atoms with Gasteiger partial charge in [-0.2, -0.15) is 4.68 Å². The Balaban J connectivity index is 1.73. The molecule has 0 fully saturated rings. The molecule has 0 aliphatic rings. The van der Waals surface area contributed by atoms with Crippen molar-refractivity contribution in [2.75, 3.05) is 6.54 Å². The topological polar surface area (TPSA) is 72.7 Å². The first-order valence-corrected chi connectivity index (χ1v) is 7.88. The van der Waals surface area contributed by atoms with Gasteiger partial charge in [0.05, 0.1) is 11.3 Å². The molecule has 0 atom stereocenters. The molecule has 0 saturated carbocycles. The normalized spacial score (nSPS) is 10.5. The van der Waals surface area contributed by atoms with Crippen LogP contribution in [-0.4, -0.2) is 32.7 Å². The third kappa shape index (κ3) is 3.81. The maximum atomic E-state index is 12.5. The molecule has 0 radical (unpaired) electrons. The minimum absolute atomic E-state index is 0.160. The SMILES string of the molecule is O=C(NCCc1ccccc1)c1cc(Br)ccc1-n1cnnn1. The Morgan fingerprint density at radius 2 is 2.00 bits per heavy atom. The molecule has 3 rings (SSSR count). The fraction of sp³-hybridized carbons (Fsp3) is 0.125. The van der Waals surface area contributed by atoms with Crippen LogP contribution in [-0.2, 0) is 6.42 Å². The van der Waals surface area contributed by atoms with Gasteiger partial charge in [0, 0.05) is 11.0 Å². The van der Waals surface area contributed by atoms with E-state index in [9.17, 15) is 4.79 Å². The van der Waals surface area contributed by atoms with Gasteiger partial charge in [0.2, 0.25) is 0 Å². The fourth-order valence-corrected chi connectivity index (χ4v) is 2.58. The second-order valence-electron chi connectivity index (χ2n) is 4.91. The Kier molecular flexibility index (Phi) is 4.77. The van der Waals surface area contributed by atoms with Crippen molar-refractivity contribution in [3.05, 3.63) is 70.5 Å². The van der Waals surface area contributed by atoms with Crippen LogP contribution in [0.4, 0.5) is 0 Å². The maximum absolute atomic E-state index is 12.5. The summed E-state index contributed by atoms with van der Waals surface area (Å²) in [6.45, 7) is 0.560. The van der Waals surface area contributed by atoms with Crippen molar-refractivity contribution in [1.82, 2.24) is 25.5 Å². The smallest absolute Gasteiger partial charge is 0.253 e. The first-order chi connectivity index (χ1) is 11.2. The molecule has 1 N–H and O–H groups in total. The van der Waals surface area contributed by atoms with Gasteiger partial charge in [-0.05, 0) is 40.6 Å². The second-order valence-corrected chi connectivity index (χ2v) is 5.82. The number of carbonyl (C=O) groups excluding carboxylic acids is 1. The predicted molar refractivity (Wildman–Crippen MR) is 89.3 cm³/mol. The molecule has 0 aliphatic heterocycles. The van der Waals surface area contributed by atoms with E-state index in [0.717, 1.165) is 10.9 Å². The monoisotopic (exact) mass is 371 g/mol. The molecule has 1 aromatic heterocycles. The third-order valence-electron chi connectivity index (χ3n) is 3.34. The molecule has 7 heteroatoms. The van der Waals surface area contributed by atoms with E-state index in [1.165, 1.54) is 16.6 Å². The lowest BCUT2D eigenvalue weighted by atomic mass is 10.1. The lowest BCUT2D eigenvalue weighted by molar-refractivity contribution is 0.0954. The van der Waals surface area contributed by atoms with E-state index >= 15 is 0 Å². The molecule has 1 heterocycles. The Morgan fingerprint density at radius 3 is 2.74 bits per heavy atom. The number of benzene rings is 2. The summed E-state index contributed by atoms with van der Waals surface area (Å²) in [4.78, 5) is 12.5. The highest BCUT2D eigenvalue weighted by atomic mass is 79.9. The number of halogens is 1. The summed E-state index contributed by atoms with van der Waals surface area (Å²) >= 11 is 3.39. The van der Waals surface area contributed by atoms with Crippen LogP contribution in [0.3, 0.4) is 0 Å². The molecule has 6 nitrogen and oxygen atoms in total. The molecule has 0 unspecified atom stereocenters. The van der Waals surface area contributed by atoms with Crippen LogP contribution in [0.2, 0.25) is 0 Å². The van der Waals surface area contributed by atoms with Crippen LogP contribution < -0.4 is 5.32 Å². The van der Waals surface area contributed by atoms with Crippen molar-refractivity contribution < 1.29 is 4.79 Å². The molecule has 0 spiro atoms. The number of hydrogen-bond donors (Lipinski definition) is 1. The average molecular weight is 372 g/mol. The van der Waals surface area contributed by atoms with E-state index < -0.39 is 0 Å². The van der Waals surface area contributed by atoms with Gasteiger partial charge in [-0.25, -0.2) is 0 Å². The number of carbonyl (C=O) groups is 1. The third-order valence-corrected chi connectivity index (χ3v) is 3.83. The summed E-state index contributed by atoms with van der Waals surface area (Å²) in [5.74, 6) is -0.160. The van der Waals surface area contributed by atoms with Gasteiger partial charge < -0.3 is 5.32 Å². The molecule has 23 heavy (non-hydrogen) atoms. The lowest BCUT2D eigenvalue weighted by Crippen LogP contribution is -2.27. The molecular weight excluding hydrogens is 358 g/mol. The summed E-state index contributed by atoms with van der Waals surface area (Å²) in [5, 5.41) is 14.0. The molecule has 0 bridgehead atoms. The van der Waals surface area contributed by atoms with E-state index in [1.54, 1.807) is 12.1 Å². The highest BCUT2D eigenvalue weighted by molar-refractivity contribution is 9.10. The number of nitrogens with one attached hydrogen (secondary N) is 1. The Hall–Kier alpha value is -2.54. The van der Waals surface area contributed by atoms with Crippen LogP contribution in [0.15, 0.2) is 59.3 Å². The number of amides is 1. The Labute approximate surface area is 141 Å². The van der Waals surface area contributed by atoms with Crippen LogP contribution in [0.1, 0.15) is 15.9 Å². The molecule has 1 amide bonds. The van der Waals surface area contributed by atoms with Gasteiger partial charge in [-0.1, -0.05) is 46.3 Å². The largest absolute Gasteiger partial charge is 0.352 e. The highest BCUT2D eigenvalue weighted by Crippen LogP contribution is 2.19. The number of aromatic nitrogens is 4. The zero-order chi connectivity index (χ0) is 16.1. The van der Waals surface area contributed by atoms with Crippen molar-refractivity contribution in [3.8, 4) is 5.69 Å². The summed E-state index contributed by atoms with van der Waals surface area (Å²) in [5.41, 5.74) is 2.33. The maximum Gasteiger partial charge on any atom is 0.253 e. The number of rotatable bonds is 5. The van der Waals surface area contributed by atoms with Gasteiger partial charge in [-0.15, -0.1) is 5.10 Å². The van der Waals surface area contributed by atoms with E-state index in [-0.39, 0.29) is 5.91 Å². The minimum atomic E-state index is -0.160. The first kappa shape index (κ1) is 15.4. The van der Waals surface area contributed by atoms with Crippen LogP contribution in [0.5, 0.6) is 0 Å². The Morgan fingerprint density at radius 1 is 1.17 bits per heavy atom. The van der Waals surface area contributed by atoms with Gasteiger partial charge in [0.1, 0.15) is 6.33 Å².